The van der Waals surface area contributed by atoms with Gasteiger partial charge in [-0.15, -0.1) is 4.40 Å². The van der Waals surface area contributed by atoms with Crippen molar-refractivity contribution in [2.75, 3.05) is 0 Å². The van der Waals surface area contributed by atoms with E-state index in [1.807, 2.05) is 30.3 Å². The highest BCUT2D eigenvalue weighted by Gasteiger charge is 2.16. The van der Waals surface area contributed by atoms with Gasteiger partial charge in [0.05, 0.1) is 4.90 Å². The lowest BCUT2D eigenvalue weighted by molar-refractivity contribution is 0.0976. The van der Waals surface area contributed by atoms with Gasteiger partial charge in [0.25, 0.3) is 15.9 Å². The van der Waals surface area contributed by atoms with Gasteiger partial charge in [-0.25, -0.2) is 0 Å². The first kappa shape index (κ1) is 18.5. The van der Waals surface area contributed by atoms with E-state index < -0.39 is 15.9 Å². The molecule has 6 heteroatoms. The Balaban J connectivity index is 1.93. The number of nitrogens with zero attached hydrogens (tertiary/aromatic N) is 1. The van der Waals surface area contributed by atoms with E-state index in [0.29, 0.717) is 5.56 Å². The Morgan fingerprint density at radius 3 is 1.89 bits per heavy atom. The number of nitrogens with one attached hydrogen (secondary N) is 1. The van der Waals surface area contributed by atoms with Crippen molar-refractivity contribution in [3.8, 4) is 0 Å². The lowest BCUT2D eigenvalue weighted by Crippen LogP contribution is -2.32. The van der Waals surface area contributed by atoms with Gasteiger partial charge in [0, 0.05) is 12.0 Å². The lowest BCUT2D eigenvalue weighted by atomic mass is 10.1. The maximum Gasteiger partial charge on any atom is 0.283 e. The summed E-state index contributed by atoms with van der Waals surface area (Å²) in [5, 5.41) is 2.64. The molecule has 5 nitrogen and oxygen atoms in total. The minimum Gasteiger partial charge on any atom is -0.309 e. The van der Waals surface area contributed by atoms with Crippen molar-refractivity contribution in [3.63, 3.8) is 0 Å². The number of rotatable bonds is 5. The minimum absolute atomic E-state index is 0.0684. The molecule has 0 spiro atoms. The summed E-state index contributed by atoms with van der Waals surface area (Å²) >= 11 is 0. The highest BCUT2D eigenvalue weighted by atomic mass is 32.2. The van der Waals surface area contributed by atoms with Gasteiger partial charge in [0.15, 0.2) is 0 Å². The first-order valence-electron chi connectivity index (χ1n) is 8.34. The summed E-state index contributed by atoms with van der Waals surface area (Å²) in [7, 11) is -3.93. The van der Waals surface area contributed by atoms with Crippen LogP contribution in [0.3, 0.4) is 0 Å². The molecule has 0 fully saturated rings. The maximum atomic E-state index is 12.6. The van der Waals surface area contributed by atoms with E-state index in [1.54, 1.807) is 48.5 Å². The van der Waals surface area contributed by atoms with Crippen molar-refractivity contribution < 1.29 is 13.2 Å². The van der Waals surface area contributed by atoms with Crippen molar-refractivity contribution in [2.24, 2.45) is 4.40 Å². The zero-order valence-corrected chi connectivity index (χ0v) is 15.3. The van der Waals surface area contributed by atoms with Crippen molar-refractivity contribution in [1.82, 2.24) is 5.32 Å². The predicted molar refractivity (Wildman–Crippen MR) is 105 cm³/mol. The number of amidine groups is 1. The summed E-state index contributed by atoms with van der Waals surface area (Å²) in [6.07, 6.45) is 0.186. The van der Waals surface area contributed by atoms with E-state index in [4.69, 9.17) is 0 Å². The Bertz CT molecular complexity index is 1030. The van der Waals surface area contributed by atoms with Gasteiger partial charge in [-0.3, -0.25) is 4.79 Å². The largest absolute Gasteiger partial charge is 0.309 e. The minimum atomic E-state index is -3.93. The lowest BCUT2D eigenvalue weighted by Gasteiger charge is -2.10. The fraction of sp³-hybridized carbons (Fsp3) is 0.0476. The summed E-state index contributed by atoms with van der Waals surface area (Å²) in [5.74, 6) is -0.340. The van der Waals surface area contributed by atoms with Gasteiger partial charge >= 0.3 is 0 Å². The zero-order valence-electron chi connectivity index (χ0n) is 14.4. The zero-order chi connectivity index (χ0) is 19.1. The second-order valence-electron chi connectivity index (χ2n) is 5.81. The summed E-state index contributed by atoms with van der Waals surface area (Å²) in [6.45, 7) is 0. The molecule has 0 aromatic heterocycles. The van der Waals surface area contributed by atoms with Crippen LogP contribution in [0.5, 0.6) is 0 Å². The van der Waals surface area contributed by atoms with Crippen LogP contribution in [0.4, 0.5) is 0 Å². The van der Waals surface area contributed by atoms with Crippen molar-refractivity contribution in [2.45, 2.75) is 11.3 Å². The predicted octanol–water partition coefficient (Wildman–Crippen LogP) is 3.45. The molecule has 0 aliphatic rings. The molecule has 1 amide bonds. The van der Waals surface area contributed by atoms with Crippen LogP contribution in [0.25, 0.3) is 0 Å². The van der Waals surface area contributed by atoms with Gasteiger partial charge in [0.1, 0.15) is 5.84 Å². The molecular formula is C21H18N2O3S. The monoisotopic (exact) mass is 378 g/mol. The number of benzene rings is 3. The van der Waals surface area contributed by atoms with Gasteiger partial charge in [-0.1, -0.05) is 66.7 Å². The third kappa shape index (κ3) is 5.12. The third-order valence-electron chi connectivity index (χ3n) is 3.78. The van der Waals surface area contributed by atoms with Gasteiger partial charge in [-0.2, -0.15) is 8.42 Å². The van der Waals surface area contributed by atoms with Crippen LogP contribution in [0.2, 0.25) is 0 Å². The molecule has 0 heterocycles. The van der Waals surface area contributed by atoms with Gasteiger partial charge in [-0.05, 0) is 29.8 Å². The van der Waals surface area contributed by atoms with E-state index in [-0.39, 0.29) is 17.2 Å². The molecule has 0 aliphatic carbocycles. The molecule has 136 valence electrons. The Morgan fingerprint density at radius 2 is 1.30 bits per heavy atom. The Kier molecular flexibility index (Phi) is 5.78. The summed E-state index contributed by atoms with van der Waals surface area (Å²) in [5.41, 5.74) is 1.27. The van der Waals surface area contributed by atoms with Crippen LogP contribution in [0, 0.1) is 0 Å². The maximum absolute atomic E-state index is 12.6. The SMILES string of the molecule is O=C(N/C(Cc1ccccc1)=N/S(=O)(=O)c1ccccc1)c1ccccc1. The first-order valence-corrected chi connectivity index (χ1v) is 9.78. The molecule has 0 radical (unpaired) electrons. The highest BCUT2D eigenvalue weighted by molar-refractivity contribution is 7.90. The number of carbonyl (C=O) groups is 1. The van der Waals surface area contributed by atoms with E-state index in [0.717, 1.165) is 5.56 Å². The van der Waals surface area contributed by atoms with Crippen LogP contribution in [-0.2, 0) is 16.4 Å². The van der Waals surface area contributed by atoms with Crippen molar-refractivity contribution >= 4 is 21.8 Å². The molecule has 0 saturated carbocycles. The molecule has 3 aromatic rings. The van der Waals surface area contributed by atoms with E-state index in [2.05, 4.69) is 9.71 Å². The summed E-state index contributed by atoms with van der Waals surface area (Å²) < 4.78 is 29.1. The number of amides is 1. The molecule has 1 N–H and O–H groups in total. The van der Waals surface area contributed by atoms with Crippen molar-refractivity contribution in [3.05, 3.63) is 102 Å². The van der Waals surface area contributed by atoms with Crippen LogP contribution < -0.4 is 5.32 Å². The Labute approximate surface area is 158 Å². The number of sulfonamides is 1. The highest BCUT2D eigenvalue weighted by Crippen LogP contribution is 2.12. The Morgan fingerprint density at radius 1 is 0.778 bits per heavy atom. The summed E-state index contributed by atoms with van der Waals surface area (Å²) in [6, 6.07) is 25.8. The Hall–Kier alpha value is -3.25. The fourth-order valence-corrected chi connectivity index (χ4v) is 3.48. The topological polar surface area (TPSA) is 75.6 Å². The average Bonchev–Trinajstić information content (AvgIpc) is 2.70. The van der Waals surface area contributed by atoms with Crippen LogP contribution in [-0.4, -0.2) is 20.2 Å². The fourth-order valence-electron chi connectivity index (χ4n) is 2.47. The molecule has 0 aliphatic heterocycles. The normalized spacial score (nSPS) is 11.8. The smallest absolute Gasteiger partial charge is 0.283 e. The van der Waals surface area contributed by atoms with E-state index >= 15 is 0 Å². The molecule has 0 unspecified atom stereocenters. The molecule has 3 aromatic carbocycles. The van der Waals surface area contributed by atoms with Gasteiger partial charge in [0.2, 0.25) is 0 Å². The third-order valence-corrected chi connectivity index (χ3v) is 5.11. The quantitative estimate of drug-likeness (QED) is 0.546. The second-order valence-corrected chi connectivity index (χ2v) is 7.41. The van der Waals surface area contributed by atoms with Crippen molar-refractivity contribution in [1.29, 1.82) is 0 Å². The second kappa shape index (κ2) is 8.42. The van der Waals surface area contributed by atoms with Gasteiger partial charge < -0.3 is 5.32 Å². The molecule has 27 heavy (non-hydrogen) atoms. The van der Waals surface area contributed by atoms with Crippen LogP contribution in [0.15, 0.2) is 100 Å². The standard InChI is InChI=1S/C21H18N2O3S/c24-21(18-12-6-2-7-13-18)22-20(16-17-10-4-1-5-11-17)23-27(25,26)19-14-8-3-9-15-19/h1-15H,16H2,(H,22,23,24). The van der Waals surface area contributed by atoms with E-state index in [9.17, 15) is 13.2 Å². The van der Waals surface area contributed by atoms with Crippen LogP contribution in [0.1, 0.15) is 15.9 Å². The van der Waals surface area contributed by atoms with Crippen LogP contribution >= 0.6 is 0 Å². The number of carbonyl (C=O) groups excluding carboxylic acids is 1. The molecule has 0 bridgehead atoms. The first-order chi connectivity index (χ1) is 13.0. The van der Waals surface area contributed by atoms with E-state index in [1.165, 1.54) is 12.1 Å². The average molecular weight is 378 g/mol. The molecule has 0 atom stereocenters. The summed E-state index contributed by atoms with van der Waals surface area (Å²) in [4.78, 5) is 12.6. The number of hydrogen-bond acceptors (Lipinski definition) is 3. The number of hydrogen-bond donors (Lipinski definition) is 1. The molecule has 0 saturated heterocycles. The molecule has 3 rings (SSSR count). The molecular weight excluding hydrogens is 360 g/mol.